The van der Waals surface area contributed by atoms with Crippen molar-refractivity contribution in [2.45, 2.75) is 12.6 Å². The van der Waals surface area contributed by atoms with Gasteiger partial charge >= 0.3 is 0 Å². The zero-order valence-electron chi connectivity index (χ0n) is 16.3. The van der Waals surface area contributed by atoms with Gasteiger partial charge < -0.3 is 20.0 Å². The van der Waals surface area contributed by atoms with Crippen molar-refractivity contribution in [3.63, 3.8) is 0 Å². The van der Waals surface area contributed by atoms with Crippen LogP contribution < -0.4 is 15.5 Å². The molecule has 1 saturated heterocycles. The number of hydrogen-bond donors (Lipinski definition) is 2. The number of nitro groups is 1. The van der Waals surface area contributed by atoms with Gasteiger partial charge in [0.15, 0.2) is 0 Å². The number of carbonyl (C=O) groups is 1. The van der Waals surface area contributed by atoms with Crippen LogP contribution in [-0.2, 0) is 6.54 Å². The van der Waals surface area contributed by atoms with E-state index in [2.05, 4.69) is 15.5 Å². The maximum atomic E-state index is 11.3. The lowest BCUT2D eigenvalue weighted by atomic mass is 10.0. The molecule has 0 aliphatic carbocycles. The van der Waals surface area contributed by atoms with Gasteiger partial charge in [-0.2, -0.15) is 0 Å². The van der Waals surface area contributed by atoms with Crippen molar-refractivity contribution in [2.24, 2.45) is 0 Å². The summed E-state index contributed by atoms with van der Waals surface area (Å²) in [5.74, 6) is 0.751. The van der Waals surface area contributed by atoms with Crippen LogP contribution in [-0.4, -0.2) is 30.8 Å². The van der Waals surface area contributed by atoms with E-state index in [0.717, 1.165) is 36.4 Å². The van der Waals surface area contributed by atoms with Crippen LogP contribution in [0.15, 0.2) is 65.3 Å². The highest BCUT2D eigenvalue weighted by Gasteiger charge is 2.24. The first-order chi connectivity index (χ1) is 14.6. The molecule has 1 aromatic heterocycles. The molecule has 8 nitrogen and oxygen atoms in total. The van der Waals surface area contributed by atoms with Crippen LogP contribution in [0, 0.1) is 10.1 Å². The summed E-state index contributed by atoms with van der Waals surface area (Å²) in [5.41, 5.74) is 3.39. The topological polar surface area (TPSA) is 101 Å². The number of aldehydes is 1. The summed E-state index contributed by atoms with van der Waals surface area (Å²) in [4.78, 5) is 24.0. The van der Waals surface area contributed by atoms with E-state index in [1.165, 1.54) is 6.07 Å². The Kier molecular flexibility index (Phi) is 5.76. The summed E-state index contributed by atoms with van der Waals surface area (Å²) in [7, 11) is 0. The van der Waals surface area contributed by atoms with E-state index in [1.807, 2.05) is 36.4 Å². The summed E-state index contributed by atoms with van der Waals surface area (Å²) >= 11 is 0. The molecule has 0 bridgehead atoms. The fourth-order valence-electron chi connectivity index (χ4n) is 3.67. The average molecular weight is 406 g/mol. The third-order valence-corrected chi connectivity index (χ3v) is 5.23. The molecule has 0 saturated carbocycles. The van der Waals surface area contributed by atoms with Crippen molar-refractivity contribution in [2.75, 3.05) is 29.9 Å². The average Bonchev–Trinajstić information content (AvgIpc) is 3.31. The quantitative estimate of drug-likeness (QED) is 0.350. The summed E-state index contributed by atoms with van der Waals surface area (Å²) in [5, 5.41) is 18.1. The van der Waals surface area contributed by atoms with Crippen molar-refractivity contribution in [3.05, 3.63) is 87.9 Å². The van der Waals surface area contributed by atoms with Crippen molar-refractivity contribution < 1.29 is 14.1 Å². The molecule has 1 atom stereocenters. The summed E-state index contributed by atoms with van der Waals surface area (Å²) in [6.07, 6.45) is 2.43. The van der Waals surface area contributed by atoms with Gasteiger partial charge in [-0.3, -0.25) is 14.9 Å². The maximum Gasteiger partial charge on any atom is 0.271 e. The van der Waals surface area contributed by atoms with Crippen LogP contribution in [0.25, 0.3) is 0 Å². The summed E-state index contributed by atoms with van der Waals surface area (Å²) in [6, 6.07) is 16.1. The lowest BCUT2D eigenvalue weighted by Gasteiger charge is -2.36. The third-order valence-electron chi connectivity index (χ3n) is 5.23. The van der Waals surface area contributed by atoms with E-state index in [9.17, 15) is 14.9 Å². The van der Waals surface area contributed by atoms with Crippen LogP contribution in [0.3, 0.4) is 0 Å². The number of nitro benzene ring substituents is 1. The number of nitrogens with one attached hydrogen (secondary N) is 2. The number of furan rings is 1. The Morgan fingerprint density at radius 3 is 2.77 bits per heavy atom. The van der Waals surface area contributed by atoms with E-state index in [1.54, 1.807) is 18.4 Å². The van der Waals surface area contributed by atoms with Crippen LogP contribution in [0.5, 0.6) is 0 Å². The number of rotatable bonds is 7. The lowest BCUT2D eigenvalue weighted by molar-refractivity contribution is -0.384. The standard InChI is InChI=1S/C22H22N4O4/c27-15-16-3-5-17(6-4-16)25-10-9-23-22(14-25)20-8-7-18(26(28)29)12-21(20)24-13-19-2-1-11-30-19/h1-8,11-12,15,22-24H,9-10,13-14H2. The molecule has 2 N–H and O–H groups in total. The van der Waals surface area contributed by atoms with E-state index in [-0.39, 0.29) is 11.7 Å². The Labute approximate surface area is 173 Å². The molecule has 1 unspecified atom stereocenters. The van der Waals surface area contributed by atoms with Crippen molar-refractivity contribution in [1.82, 2.24) is 5.32 Å². The minimum Gasteiger partial charge on any atom is -0.467 e. The number of benzene rings is 2. The van der Waals surface area contributed by atoms with E-state index < -0.39 is 4.92 Å². The molecule has 0 radical (unpaired) electrons. The predicted octanol–water partition coefficient (Wildman–Crippen LogP) is 3.76. The van der Waals surface area contributed by atoms with Gasteiger partial charge in [0, 0.05) is 48.7 Å². The van der Waals surface area contributed by atoms with Gasteiger partial charge in [-0.15, -0.1) is 0 Å². The Hall–Kier alpha value is -3.65. The number of carbonyl (C=O) groups excluding carboxylic acids is 1. The molecular formula is C22H22N4O4. The number of hydrogen-bond acceptors (Lipinski definition) is 7. The maximum absolute atomic E-state index is 11.3. The van der Waals surface area contributed by atoms with Gasteiger partial charge in [0.05, 0.1) is 23.8 Å². The molecule has 1 aliphatic rings. The molecule has 2 heterocycles. The van der Waals surface area contributed by atoms with Gasteiger partial charge in [-0.05, 0) is 48.0 Å². The van der Waals surface area contributed by atoms with E-state index in [0.29, 0.717) is 24.3 Å². The van der Waals surface area contributed by atoms with Crippen molar-refractivity contribution >= 4 is 23.3 Å². The van der Waals surface area contributed by atoms with E-state index in [4.69, 9.17) is 4.42 Å². The Balaban J connectivity index is 1.57. The molecule has 4 rings (SSSR count). The molecule has 0 spiro atoms. The molecule has 0 amide bonds. The van der Waals surface area contributed by atoms with Crippen molar-refractivity contribution in [1.29, 1.82) is 0 Å². The molecule has 8 heteroatoms. The molecular weight excluding hydrogens is 384 g/mol. The fourth-order valence-corrected chi connectivity index (χ4v) is 3.67. The third kappa shape index (κ3) is 4.33. The van der Waals surface area contributed by atoms with Crippen LogP contribution in [0.2, 0.25) is 0 Å². The SMILES string of the molecule is O=Cc1ccc(N2CCNC(c3ccc([N+](=O)[O-])cc3NCc3ccco3)C2)cc1. The molecule has 2 aromatic carbocycles. The van der Waals surface area contributed by atoms with Crippen LogP contribution >= 0.6 is 0 Å². The highest BCUT2D eigenvalue weighted by Crippen LogP contribution is 2.31. The van der Waals surface area contributed by atoms with Crippen LogP contribution in [0.1, 0.15) is 27.7 Å². The molecule has 1 aliphatic heterocycles. The lowest BCUT2D eigenvalue weighted by Crippen LogP contribution is -2.46. The summed E-state index contributed by atoms with van der Waals surface area (Å²) in [6.45, 7) is 2.74. The van der Waals surface area contributed by atoms with Gasteiger partial charge in [0.25, 0.3) is 5.69 Å². The first-order valence-corrected chi connectivity index (χ1v) is 9.72. The molecule has 3 aromatic rings. The predicted molar refractivity (Wildman–Crippen MR) is 114 cm³/mol. The fraction of sp³-hybridized carbons (Fsp3) is 0.227. The first kappa shape index (κ1) is 19.7. The van der Waals surface area contributed by atoms with Gasteiger partial charge in [-0.25, -0.2) is 0 Å². The largest absolute Gasteiger partial charge is 0.467 e. The highest BCUT2D eigenvalue weighted by molar-refractivity contribution is 5.75. The number of non-ortho nitro benzene ring substituents is 1. The number of piperazine rings is 1. The second kappa shape index (κ2) is 8.79. The monoisotopic (exact) mass is 406 g/mol. The smallest absolute Gasteiger partial charge is 0.271 e. The van der Waals surface area contributed by atoms with Gasteiger partial charge in [0.1, 0.15) is 12.0 Å². The Morgan fingerprint density at radius 2 is 2.07 bits per heavy atom. The second-order valence-electron chi connectivity index (χ2n) is 7.12. The first-order valence-electron chi connectivity index (χ1n) is 9.72. The van der Waals surface area contributed by atoms with E-state index >= 15 is 0 Å². The zero-order chi connectivity index (χ0) is 20.9. The Bertz CT molecular complexity index is 1020. The normalized spacial score (nSPS) is 16.3. The molecule has 30 heavy (non-hydrogen) atoms. The van der Waals surface area contributed by atoms with Crippen molar-refractivity contribution in [3.8, 4) is 0 Å². The minimum absolute atomic E-state index is 0.00981. The number of anilines is 2. The zero-order valence-corrected chi connectivity index (χ0v) is 16.3. The number of nitrogens with zero attached hydrogens (tertiary/aromatic N) is 2. The summed E-state index contributed by atoms with van der Waals surface area (Å²) < 4.78 is 5.37. The highest BCUT2D eigenvalue weighted by atomic mass is 16.6. The molecule has 154 valence electrons. The second-order valence-corrected chi connectivity index (χ2v) is 7.12. The van der Waals surface area contributed by atoms with Gasteiger partial charge in [0.2, 0.25) is 0 Å². The minimum atomic E-state index is -0.392. The van der Waals surface area contributed by atoms with Crippen LogP contribution in [0.4, 0.5) is 17.1 Å². The Morgan fingerprint density at radius 1 is 1.23 bits per heavy atom. The molecule has 1 fully saturated rings. The van der Waals surface area contributed by atoms with Gasteiger partial charge in [-0.1, -0.05) is 0 Å².